The standard InChI is InChI=1S/C15H20N2O3/c1-11(18)12-9-14(17-10-12)15(19)16-7-8-20-13-5-3-2-4-6-13/h2-6,12,14,17H,7-10H2,1H3,(H,16,19). The molecule has 0 aliphatic carbocycles. The lowest BCUT2D eigenvalue weighted by Gasteiger charge is -2.11. The number of hydrogen-bond donors (Lipinski definition) is 2. The molecule has 0 bridgehead atoms. The van der Waals surface area contributed by atoms with Gasteiger partial charge in [0.05, 0.1) is 12.6 Å². The fourth-order valence-corrected chi connectivity index (χ4v) is 2.23. The molecule has 1 aromatic rings. The average Bonchev–Trinajstić information content (AvgIpc) is 2.94. The molecule has 0 spiro atoms. The monoisotopic (exact) mass is 276 g/mol. The SMILES string of the molecule is CC(=O)C1CNC(C(=O)NCCOc2ccccc2)C1. The van der Waals surface area contributed by atoms with Gasteiger partial charge in [-0.05, 0) is 25.5 Å². The molecule has 20 heavy (non-hydrogen) atoms. The Kier molecular flexibility index (Phi) is 5.12. The summed E-state index contributed by atoms with van der Waals surface area (Å²) in [6.07, 6.45) is 0.584. The minimum Gasteiger partial charge on any atom is -0.492 e. The van der Waals surface area contributed by atoms with Crippen molar-refractivity contribution in [3.8, 4) is 5.75 Å². The summed E-state index contributed by atoms with van der Waals surface area (Å²) in [4.78, 5) is 23.1. The van der Waals surface area contributed by atoms with Crippen LogP contribution in [0.1, 0.15) is 13.3 Å². The fraction of sp³-hybridized carbons (Fsp3) is 0.467. The van der Waals surface area contributed by atoms with E-state index >= 15 is 0 Å². The molecule has 108 valence electrons. The van der Waals surface area contributed by atoms with Gasteiger partial charge in [0, 0.05) is 12.5 Å². The lowest BCUT2D eigenvalue weighted by atomic mass is 10.0. The molecular weight excluding hydrogens is 256 g/mol. The summed E-state index contributed by atoms with van der Waals surface area (Å²) in [5.74, 6) is 0.828. The number of benzene rings is 1. The number of amides is 1. The van der Waals surface area contributed by atoms with Gasteiger partial charge in [0.2, 0.25) is 5.91 Å². The van der Waals surface area contributed by atoms with E-state index in [0.29, 0.717) is 26.1 Å². The van der Waals surface area contributed by atoms with E-state index in [-0.39, 0.29) is 23.7 Å². The minimum absolute atomic E-state index is 0.0358. The third kappa shape index (κ3) is 4.06. The van der Waals surface area contributed by atoms with Gasteiger partial charge in [0.1, 0.15) is 18.1 Å². The Hall–Kier alpha value is -1.88. The number of hydrogen-bond acceptors (Lipinski definition) is 4. The van der Waals surface area contributed by atoms with Crippen molar-refractivity contribution >= 4 is 11.7 Å². The molecule has 1 amide bonds. The Morgan fingerprint density at radius 3 is 2.75 bits per heavy atom. The van der Waals surface area contributed by atoms with E-state index < -0.39 is 0 Å². The maximum absolute atomic E-state index is 11.9. The zero-order chi connectivity index (χ0) is 14.4. The van der Waals surface area contributed by atoms with Crippen LogP contribution in [0.4, 0.5) is 0 Å². The highest BCUT2D eigenvalue weighted by molar-refractivity contribution is 5.85. The van der Waals surface area contributed by atoms with E-state index in [1.54, 1.807) is 6.92 Å². The van der Waals surface area contributed by atoms with Crippen molar-refractivity contribution in [1.29, 1.82) is 0 Å². The second kappa shape index (κ2) is 7.05. The number of nitrogens with one attached hydrogen (secondary N) is 2. The van der Waals surface area contributed by atoms with Crippen molar-refractivity contribution in [3.63, 3.8) is 0 Å². The lowest BCUT2D eigenvalue weighted by molar-refractivity contribution is -0.123. The van der Waals surface area contributed by atoms with Crippen LogP contribution in [0, 0.1) is 5.92 Å². The number of para-hydroxylation sites is 1. The van der Waals surface area contributed by atoms with Crippen LogP contribution in [-0.4, -0.2) is 37.4 Å². The Bertz CT molecular complexity index is 461. The zero-order valence-electron chi connectivity index (χ0n) is 11.6. The third-order valence-electron chi connectivity index (χ3n) is 3.44. The maximum Gasteiger partial charge on any atom is 0.237 e. The quantitative estimate of drug-likeness (QED) is 0.752. The largest absolute Gasteiger partial charge is 0.492 e. The predicted octanol–water partition coefficient (Wildman–Crippen LogP) is 0.749. The van der Waals surface area contributed by atoms with Crippen LogP contribution >= 0.6 is 0 Å². The van der Waals surface area contributed by atoms with Crippen LogP contribution < -0.4 is 15.4 Å². The van der Waals surface area contributed by atoms with Gasteiger partial charge in [0.25, 0.3) is 0 Å². The summed E-state index contributed by atoms with van der Waals surface area (Å²) in [7, 11) is 0. The molecule has 1 fully saturated rings. The van der Waals surface area contributed by atoms with Gasteiger partial charge in [-0.15, -0.1) is 0 Å². The minimum atomic E-state index is -0.263. The molecule has 2 rings (SSSR count). The van der Waals surface area contributed by atoms with Crippen molar-refractivity contribution in [3.05, 3.63) is 30.3 Å². The van der Waals surface area contributed by atoms with Crippen molar-refractivity contribution in [1.82, 2.24) is 10.6 Å². The molecule has 1 aliphatic heterocycles. The number of ether oxygens (including phenoxy) is 1. The summed E-state index contributed by atoms with van der Waals surface area (Å²) < 4.78 is 5.49. The second-order valence-electron chi connectivity index (χ2n) is 4.96. The Balaban J connectivity index is 1.65. The molecule has 2 unspecified atom stereocenters. The highest BCUT2D eigenvalue weighted by atomic mass is 16.5. The van der Waals surface area contributed by atoms with Gasteiger partial charge in [-0.25, -0.2) is 0 Å². The zero-order valence-corrected chi connectivity index (χ0v) is 11.6. The van der Waals surface area contributed by atoms with Gasteiger partial charge >= 0.3 is 0 Å². The fourth-order valence-electron chi connectivity index (χ4n) is 2.23. The summed E-state index contributed by atoms with van der Waals surface area (Å²) in [6, 6.07) is 9.21. The predicted molar refractivity (Wildman–Crippen MR) is 75.5 cm³/mol. The summed E-state index contributed by atoms with van der Waals surface area (Å²) in [5.41, 5.74) is 0. The maximum atomic E-state index is 11.9. The molecule has 2 atom stereocenters. The highest BCUT2D eigenvalue weighted by Gasteiger charge is 2.31. The Morgan fingerprint density at radius 2 is 2.10 bits per heavy atom. The summed E-state index contributed by atoms with van der Waals surface area (Å²) in [5, 5.41) is 5.89. The first-order valence-electron chi connectivity index (χ1n) is 6.86. The first-order chi connectivity index (χ1) is 9.66. The number of carbonyl (C=O) groups is 2. The average molecular weight is 276 g/mol. The number of Topliss-reactive ketones (excluding diaryl/α,β-unsaturated/α-hetero) is 1. The van der Waals surface area contributed by atoms with E-state index in [9.17, 15) is 9.59 Å². The molecule has 1 aliphatic rings. The normalized spacial score (nSPS) is 21.4. The molecule has 1 aromatic carbocycles. The van der Waals surface area contributed by atoms with Gasteiger partial charge in [-0.1, -0.05) is 18.2 Å². The second-order valence-corrected chi connectivity index (χ2v) is 4.96. The van der Waals surface area contributed by atoms with E-state index in [1.807, 2.05) is 30.3 Å². The van der Waals surface area contributed by atoms with Crippen molar-refractivity contribution in [2.75, 3.05) is 19.7 Å². The van der Waals surface area contributed by atoms with Crippen molar-refractivity contribution in [2.24, 2.45) is 5.92 Å². The molecule has 2 N–H and O–H groups in total. The smallest absolute Gasteiger partial charge is 0.237 e. The van der Waals surface area contributed by atoms with Crippen LogP contribution in [0.15, 0.2) is 30.3 Å². The van der Waals surface area contributed by atoms with E-state index in [4.69, 9.17) is 4.74 Å². The lowest BCUT2D eigenvalue weighted by Crippen LogP contribution is -2.41. The van der Waals surface area contributed by atoms with Crippen LogP contribution in [-0.2, 0) is 9.59 Å². The molecule has 0 radical (unpaired) electrons. The Labute approximate surface area is 118 Å². The molecule has 5 nitrogen and oxygen atoms in total. The molecule has 1 saturated heterocycles. The van der Waals surface area contributed by atoms with Crippen LogP contribution in [0.25, 0.3) is 0 Å². The molecule has 1 heterocycles. The third-order valence-corrected chi connectivity index (χ3v) is 3.44. The van der Waals surface area contributed by atoms with E-state index in [1.165, 1.54) is 0 Å². The van der Waals surface area contributed by atoms with Crippen LogP contribution in [0.5, 0.6) is 5.75 Å². The first-order valence-corrected chi connectivity index (χ1v) is 6.86. The Morgan fingerprint density at radius 1 is 1.35 bits per heavy atom. The number of rotatable bonds is 6. The summed E-state index contributed by atoms with van der Waals surface area (Å²) in [6.45, 7) is 3.05. The summed E-state index contributed by atoms with van der Waals surface area (Å²) >= 11 is 0. The number of carbonyl (C=O) groups excluding carboxylic acids is 2. The molecule has 0 aromatic heterocycles. The molecule has 0 saturated carbocycles. The van der Waals surface area contributed by atoms with Crippen molar-refractivity contribution < 1.29 is 14.3 Å². The van der Waals surface area contributed by atoms with Crippen LogP contribution in [0.3, 0.4) is 0 Å². The van der Waals surface area contributed by atoms with Crippen molar-refractivity contribution in [2.45, 2.75) is 19.4 Å². The van der Waals surface area contributed by atoms with Gasteiger partial charge in [-0.2, -0.15) is 0 Å². The first kappa shape index (κ1) is 14.5. The van der Waals surface area contributed by atoms with Gasteiger partial charge < -0.3 is 15.4 Å². The number of ketones is 1. The van der Waals surface area contributed by atoms with E-state index in [0.717, 1.165) is 5.75 Å². The van der Waals surface area contributed by atoms with Gasteiger partial charge in [-0.3, -0.25) is 9.59 Å². The van der Waals surface area contributed by atoms with Crippen LogP contribution in [0.2, 0.25) is 0 Å². The molecule has 5 heteroatoms. The van der Waals surface area contributed by atoms with E-state index in [2.05, 4.69) is 10.6 Å². The highest BCUT2D eigenvalue weighted by Crippen LogP contribution is 2.14. The van der Waals surface area contributed by atoms with Gasteiger partial charge in [0.15, 0.2) is 0 Å². The topological polar surface area (TPSA) is 67.4 Å². The molecular formula is C15H20N2O3.